The highest BCUT2D eigenvalue weighted by atomic mass is 32.2. The number of fused-ring (bicyclic) bond motifs is 2. The monoisotopic (exact) mass is 437 g/mol. The number of nitrogens with zero attached hydrogens (tertiary/aromatic N) is 4. The second-order valence-corrected chi connectivity index (χ2v) is 9.22. The van der Waals surface area contributed by atoms with E-state index >= 15 is 0 Å². The van der Waals surface area contributed by atoms with Gasteiger partial charge in [-0.3, -0.25) is 4.79 Å². The number of thiophene rings is 1. The molecular weight excluding hydrogens is 422 g/mol. The highest BCUT2D eigenvalue weighted by Crippen LogP contribution is 2.34. The minimum atomic E-state index is -0.111. The molecule has 1 N–H and O–H groups in total. The van der Waals surface area contributed by atoms with Gasteiger partial charge < -0.3 is 9.88 Å². The Morgan fingerprint density at radius 1 is 1.10 bits per heavy atom. The van der Waals surface area contributed by atoms with Crippen LogP contribution in [-0.2, 0) is 11.8 Å². The first-order valence-electron chi connectivity index (χ1n) is 8.83. The van der Waals surface area contributed by atoms with Gasteiger partial charge in [-0.05, 0) is 18.2 Å². The van der Waals surface area contributed by atoms with E-state index in [1.54, 1.807) is 11.3 Å². The molecule has 1 amide bonds. The van der Waals surface area contributed by atoms with Crippen molar-refractivity contribution in [3.63, 3.8) is 0 Å². The number of thioether (sulfide) groups is 1. The Balaban J connectivity index is 1.29. The van der Waals surface area contributed by atoms with E-state index in [1.165, 1.54) is 27.8 Å². The van der Waals surface area contributed by atoms with E-state index < -0.39 is 0 Å². The number of benzene rings is 2. The summed E-state index contributed by atoms with van der Waals surface area (Å²) in [5, 5.41) is 16.1. The predicted octanol–water partition coefficient (Wildman–Crippen LogP) is 5.04. The molecule has 3 heterocycles. The Kier molecular flexibility index (Phi) is 4.78. The summed E-state index contributed by atoms with van der Waals surface area (Å²) in [6.07, 6.45) is 0. The van der Waals surface area contributed by atoms with Crippen LogP contribution in [0.15, 0.2) is 59.1 Å². The van der Waals surface area contributed by atoms with Crippen LogP contribution in [0.25, 0.3) is 31.7 Å². The summed E-state index contributed by atoms with van der Waals surface area (Å²) in [5.74, 6) is 0.933. The zero-order chi connectivity index (χ0) is 19.8. The average Bonchev–Trinajstić information content (AvgIpc) is 3.42. The lowest BCUT2D eigenvalue weighted by Crippen LogP contribution is -2.14. The number of rotatable bonds is 5. The first-order valence-corrected chi connectivity index (χ1v) is 11.5. The second-order valence-electron chi connectivity index (χ2n) is 6.33. The van der Waals surface area contributed by atoms with Crippen LogP contribution in [0, 0.1) is 0 Å². The summed E-state index contributed by atoms with van der Waals surface area (Å²) >= 11 is 4.52. The fourth-order valence-corrected chi connectivity index (χ4v) is 5.57. The van der Waals surface area contributed by atoms with E-state index in [0.717, 1.165) is 27.0 Å². The van der Waals surface area contributed by atoms with E-state index in [2.05, 4.69) is 38.0 Å². The Labute approximate surface area is 178 Å². The number of hydrogen-bond donors (Lipinski definition) is 1. The zero-order valence-corrected chi connectivity index (χ0v) is 17.8. The van der Waals surface area contributed by atoms with Crippen LogP contribution in [-0.4, -0.2) is 31.4 Å². The van der Waals surface area contributed by atoms with Gasteiger partial charge in [0.25, 0.3) is 0 Å². The summed E-state index contributed by atoms with van der Waals surface area (Å²) in [6.45, 7) is 0. The molecule has 3 aromatic heterocycles. The van der Waals surface area contributed by atoms with Crippen molar-refractivity contribution in [2.75, 3.05) is 11.1 Å². The van der Waals surface area contributed by atoms with E-state index in [4.69, 9.17) is 0 Å². The van der Waals surface area contributed by atoms with Gasteiger partial charge in [-0.15, -0.1) is 21.5 Å². The number of hydrogen-bond acceptors (Lipinski definition) is 7. The first kappa shape index (κ1) is 18.3. The summed E-state index contributed by atoms with van der Waals surface area (Å²) < 4.78 is 4.20. The lowest BCUT2D eigenvalue weighted by molar-refractivity contribution is -0.113. The lowest BCUT2D eigenvalue weighted by atomic mass is 10.2. The van der Waals surface area contributed by atoms with Crippen molar-refractivity contribution < 1.29 is 4.79 Å². The molecule has 0 spiro atoms. The molecule has 29 heavy (non-hydrogen) atoms. The molecule has 5 aromatic rings. The Morgan fingerprint density at radius 3 is 2.76 bits per heavy atom. The summed E-state index contributed by atoms with van der Waals surface area (Å²) in [6, 6.07) is 16.1. The molecule has 0 saturated carbocycles. The molecule has 0 bridgehead atoms. The van der Waals surface area contributed by atoms with E-state index in [0.29, 0.717) is 10.3 Å². The van der Waals surface area contributed by atoms with Crippen molar-refractivity contribution in [1.29, 1.82) is 0 Å². The van der Waals surface area contributed by atoms with Crippen molar-refractivity contribution in [1.82, 2.24) is 19.7 Å². The largest absolute Gasteiger partial charge is 0.305 e. The lowest BCUT2D eigenvalue weighted by Gasteiger charge is -2.03. The molecule has 0 radical (unpaired) electrons. The smallest absolute Gasteiger partial charge is 0.236 e. The van der Waals surface area contributed by atoms with Gasteiger partial charge in [0.15, 0.2) is 16.1 Å². The highest BCUT2D eigenvalue weighted by Gasteiger charge is 2.16. The maximum atomic E-state index is 12.4. The van der Waals surface area contributed by atoms with Crippen LogP contribution in [0.4, 0.5) is 5.13 Å². The first-order chi connectivity index (χ1) is 14.2. The number of anilines is 1. The van der Waals surface area contributed by atoms with E-state index in [1.807, 2.05) is 48.0 Å². The summed E-state index contributed by atoms with van der Waals surface area (Å²) in [5.41, 5.74) is 1.95. The van der Waals surface area contributed by atoms with Crippen molar-refractivity contribution in [3.05, 3.63) is 53.9 Å². The number of carbonyl (C=O) groups excluding carboxylic acids is 1. The third-order valence-electron chi connectivity index (χ3n) is 4.43. The third kappa shape index (κ3) is 3.52. The maximum absolute atomic E-state index is 12.4. The summed E-state index contributed by atoms with van der Waals surface area (Å²) in [4.78, 5) is 16.8. The van der Waals surface area contributed by atoms with Gasteiger partial charge in [-0.25, -0.2) is 4.98 Å². The van der Waals surface area contributed by atoms with Crippen molar-refractivity contribution >= 4 is 65.8 Å². The molecule has 2 aromatic carbocycles. The standard InChI is InChI=1S/C20H15N5OS3/c1-25-18(13-10-27-15-8-4-2-6-12(13)15)23-24-20(25)28-11-17(26)22-19-21-14-7-3-5-9-16(14)29-19/h2-10H,11H2,1H3,(H,21,22,26). The van der Waals surface area contributed by atoms with Gasteiger partial charge in [0, 0.05) is 28.1 Å². The van der Waals surface area contributed by atoms with Gasteiger partial charge >= 0.3 is 0 Å². The molecule has 0 fully saturated rings. The molecule has 0 aliphatic rings. The van der Waals surface area contributed by atoms with Crippen LogP contribution >= 0.6 is 34.4 Å². The maximum Gasteiger partial charge on any atom is 0.236 e. The van der Waals surface area contributed by atoms with E-state index in [9.17, 15) is 4.79 Å². The number of para-hydroxylation sites is 1. The number of carbonyl (C=O) groups is 1. The topological polar surface area (TPSA) is 72.7 Å². The molecule has 5 rings (SSSR count). The van der Waals surface area contributed by atoms with E-state index in [-0.39, 0.29) is 11.7 Å². The zero-order valence-electron chi connectivity index (χ0n) is 15.3. The molecular formula is C20H15N5OS3. The third-order valence-corrected chi connectivity index (χ3v) is 7.36. The average molecular weight is 438 g/mol. The Bertz CT molecular complexity index is 1300. The van der Waals surface area contributed by atoms with Gasteiger partial charge in [0.1, 0.15) is 0 Å². The fourth-order valence-electron chi connectivity index (χ4n) is 3.04. The molecule has 0 aliphatic carbocycles. The normalized spacial score (nSPS) is 11.3. The van der Waals surface area contributed by atoms with Gasteiger partial charge in [0.05, 0.1) is 16.0 Å². The van der Waals surface area contributed by atoms with Crippen molar-refractivity contribution in [2.24, 2.45) is 7.05 Å². The number of aromatic nitrogens is 4. The number of thiazole rings is 1. The van der Waals surface area contributed by atoms with Crippen LogP contribution in [0.5, 0.6) is 0 Å². The van der Waals surface area contributed by atoms with Crippen LogP contribution in [0.1, 0.15) is 0 Å². The van der Waals surface area contributed by atoms with Gasteiger partial charge in [0.2, 0.25) is 5.91 Å². The number of amides is 1. The molecule has 144 valence electrons. The van der Waals surface area contributed by atoms with Crippen molar-refractivity contribution in [2.45, 2.75) is 5.16 Å². The number of nitrogens with one attached hydrogen (secondary N) is 1. The van der Waals surface area contributed by atoms with Crippen LogP contribution in [0.2, 0.25) is 0 Å². The minimum Gasteiger partial charge on any atom is -0.305 e. The summed E-state index contributed by atoms with van der Waals surface area (Å²) in [7, 11) is 1.93. The Morgan fingerprint density at radius 2 is 1.90 bits per heavy atom. The molecule has 0 aliphatic heterocycles. The SMILES string of the molecule is Cn1c(SCC(=O)Nc2nc3ccccc3s2)nnc1-c1csc2ccccc12. The predicted molar refractivity (Wildman–Crippen MR) is 121 cm³/mol. The molecule has 0 atom stereocenters. The van der Waals surface area contributed by atoms with Gasteiger partial charge in [-0.2, -0.15) is 0 Å². The second kappa shape index (κ2) is 7.58. The minimum absolute atomic E-state index is 0.111. The highest BCUT2D eigenvalue weighted by molar-refractivity contribution is 7.99. The molecule has 0 saturated heterocycles. The Hall–Kier alpha value is -2.75. The molecule has 6 nitrogen and oxygen atoms in total. The van der Waals surface area contributed by atoms with Crippen molar-refractivity contribution in [3.8, 4) is 11.4 Å². The fraction of sp³-hybridized carbons (Fsp3) is 0.100. The molecule has 9 heteroatoms. The molecule has 0 unspecified atom stereocenters. The van der Waals surface area contributed by atoms with Crippen LogP contribution in [0.3, 0.4) is 0 Å². The quantitative estimate of drug-likeness (QED) is 0.390. The van der Waals surface area contributed by atoms with Crippen LogP contribution < -0.4 is 5.32 Å². The van der Waals surface area contributed by atoms with Gasteiger partial charge in [-0.1, -0.05) is 53.4 Å².